The van der Waals surface area contributed by atoms with E-state index < -0.39 is 51.8 Å². The maximum absolute atomic E-state index is 11.9. The fourth-order valence-electron chi connectivity index (χ4n) is 3.91. The van der Waals surface area contributed by atoms with Crippen LogP contribution < -0.4 is 0 Å². The van der Waals surface area contributed by atoms with Crippen molar-refractivity contribution in [3.63, 3.8) is 0 Å². The summed E-state index contributed by atoms with van der Waals surface area (Å²) < 4.78 is 36.3. The third kappa shape index (κ3) is 18.2. The highest BCUT2D eigenvalue weighted by atomic mass is 28.5. The van der Waals surface area contributed by atoms with Crippen molar-refractivity contribution < 1.29 is 46.4 Å². The van der Waals surface area contributed by atoms with Gasteiger partial charge in [-0.05, 0) is 84.6 Å². The Balaban J connectivity index is 5.40. The van der Waals surface area contributed by atoms with Crippen LogP contribution in [0.25, 0.3) is 0 Å². The molecule has 0 spiro atoms. The summed E-state index contributed by atoms with van der Waals surface area (Å²) >= 11 is 0. The number of ether oxygens (including phenoxy) is 3. The van der Waals surface area contributed by atoms with Gasteiger partial charge >= 0.3 is 29.1 Å². The lowest BCUT2D eigenvalue weighted by Crippen LogP contribution is -2.58. The summed E-state index contributed by atoms with van der Waals surface area (Å²) in [6, 6.07) is 1.43. The number of rotatable bonds is 21. The average Bonchev–Trinajstić information content (AvgIpc) is 2.77. The van der Waals surface area contributed by atoms with Gasteiger partial charge in [0.15, 0.2) is 8.32 Å². The van der Waals surface area contributed by atoms with E-state index in [1.165, 1.54) is 0 Å². The molecule has 0 heterocycles. The van der Waals surface area contributed by atoms with Crippen LogP contribution in [-0.2, 0) is 36.1 Å². The number of carbonyl (C=O) groups excluding carboxylic acids is 2. The SMILES string of the molecule is C=C(C)C(=O)OCCC[Si](C)(C)O[Si](C)(CCCOCC(O)CO)O[Si](C)(C)O[Si](C)(C)COC(=O)C(=C)C. The van der Waals surface area contributed by atoms with E-state index in [1.54, 1.807) is 13.8 Å². The second-order valence-corrected chi connectivity index (χ2v) is 27.6. The third-order valence-corrected chi connectivity index (χ3v) is 20.8. The van der Waals surface area contributed by atoms with E-state index in [0.29, 0.717) is 43.2 Å². The maximum atomic E-state index is 11.9. The Bertz CT molecular complexity index is 819. The quantitative estimate of drug-likeness (QED) is 0.0831. The molecule has 0 aliphatic heterocycles. The number of aliphatic hydroxyl groups excluding tert-OH is 2. The topological polar surface area (TPSA) is 130 Å². The van der Waals surface area contributed by atoms with E-state index in [4.69, 9.17) is 31.7 Å². The summed E-state index contributed by atoms with van der Waals surface area (Å²) in [5.74, 6) is -0.829. The van der Waals surface area contributed by atoms with Crippen molar-refractivity contribution in [2.24, 2.45) is 0 Å². The van der Waals surface area contributed by atoms with E-state index in [9.17, 15) is 14.7 Å². The second-order valence-electron chi connectivity index (χ2n) is 11.8. The van der Waals surface area contributed by atoms with Gasteiger partial charge in [-0.2, -0.15) is 0 Å². The Labute approximate surface area is 239 Å². The molecule has 39 heavy (non-hydrogen) atoms. The first kappa shape index (κ1) is 38.0. The molecule has 0 bridgehead atoms. The summed E-state index contributed by atoms with van der Waals surface area (Å²) in [4.78, 5) is 23.6. The lowest BCUT2D eigenvalue weighted by Gasteiger charge is -2.42. The molecule has 0 radical (unpaired) electrons. The van der Waals surface area contributed by atoms with Crippen LogP contribution in [0, 0.1) is 0 Å². The molecule has 0 rings (SSSR count). The largest absolute Gasteiger partial charge is 0.463 e. The fourth-order valence-corrected chi connectivity index (χ4v) is 22.9. The molecule has 0 amide bonds. The van der Waals surface area contributed by atoms with Crippen LogP contribution >= 0.6 is 0 Å². The zero-order valence-corrected chi connectivity index (χ0v) is 29.5. The first-order chi connectivity index (χ1) is 17.7. The van der Waals surface area contributed by atoms with Crippen molar-refractivity contribution in [1.82, 2.24) is 0 Å². The molecule has 0 aliphatic rings. The molecule has 0 aromatic carbocycles. The van der Waals surface area contributed by atoms with Crippen LogP contribution in [0.15, 0.2) is 24.3 Å². The molecule has 2 unspecified atom stereocenters. The van der Waals surface area contributed by atoms with E-state index in [2.05, 4.69) is 26.3 Å². The van der Waals surface area contributed by atoms with Crippen LogP contribution in [-0.4, -0.2) is 94.7 Å². The molecule has 2 N–H and O–H groups in total. The normalized spacial score (nSPS) is 14.8. The van der Waals surface area contributed by atoms with Crippen molar-refractivity contribution in [3.05, 3.63) is 24.3 Å². The summed E-state index contributed by atoms with van der Waals surface area (Å²) in [5.41, 5.74) is 0.717. The van der Waals surface area contributed by atoms with E-state index >= 15 is 0 Å². The van der Waals surface area contributed by atoms with Crippen LogP contribution in [0.5, 0.6) is 0 Å². The molecule has 0 aromatic heterocycles. The Morgan fingerprint density at radius 3 is 1.85 bits per heavy atom. The molecule has 10 nitrogen and oxygen atoms in total. The predicted molar refractivity (Wildman–Crippen MR) is 162 cm³/mol. The van der Waals surface area contributed by atoms with Crippen molar-refractivity contribution >= 4 is 45.7 Å². The van der Waals surface area contributed by atoms with E-state index in [-0.39, 0.29) is 19.4 Å². The van der Waals surface area contributed by atoms with Crippen LogP contribution in [0.3, 0.4) is 0 Å². The summed E-state index contributed by atoms with van der Waals surface area (Å²) in [6.45, 7) is 25.1. The zero-order chi connectivity index (χ0) is 30.5. The first-order valence-corrected chi connectivity index (χ1v) is 24.9. The molecule has 0 aromatic rings. The van der Waals surface area contributed by atoms with Crippen molar-refractivity contribution in [1.29, 1.82) is 0 Å². The molecule has 14 heteroatoms. The monoisotopic (exact) mass is 624 g/mol. The Kier molecular flexibility index (Phi) is 16.7. The van der Waals surface area contributed by atoms with Gasteiger partial charge in [-0.15, -0.1) is 0 Å². The smallest absolute Gasteiger partial charge is 0.333 e. The predicted octanol–water partition coefficient (Wildman–Crippen LogP) is 4.15. The number of aliphatic hydroxyl groups is 2. The van der Waals surface area contributed by atoms with Gasteiger partial charge < -0.3 is 36.8 Å². The van der Waals surface area contributed by atoms with Gasteiger partial charge in [0, 0.05) is 17.8 Å². The minimum atomic E-state index is -2.78. The molecule has 2 atom stereocenters. The Hall–Kier alpha value is -0.952. The highest BCUT2D eigenvalue weighted by molar-refractivity contribution is 6.89. The number of carbonyl (C=O) groups is 2. The lowest BCUT2D eigenvalue weighted by molar-refractivity contribution is -0.139. The molecule has 0 fully saturated rings. The fraction of sp³-hybridized carbons (Fsp3) is 0.760. The van der Waals surface area contributed by atoms with E-state index in [1.807, 2.05) is 32.7 Å². The Morgan fingerprint density at radius 2 is 1.31 bits per heavy atom. The van der Waals surface area contributed by atoms with Gasteiger partial charge in [-0.3, -0.25) is 0 Å². The van der Waals surface area contributed by atoms with Crippen molar-refractivity contribution in [2.75, 3.05) is 32.7 Å². The molecular formula is C25H52O10Si4. The molecule has 0 aliphatic carbocycles. The van der Waals surface area contributed by atoms with Gasteiger partial charge in [0.25, 0.3) is 0 Å². The molecule has 0 saturated heterocycles. The van der Waals surface area contributed by atoms with Gasteiger partial charge in [0.1, 0.15) is 12.3 Å². The van der Waals surface area contributed by atoms with Crippen LogP contribution in [0.4, 0.5) is 0 Å². The minimum absolute atomic E-state index is 0.0612. The Morgan fingerprint density at radius 1 is 0.769 bits per heavy atom. The first-order valence-electron chi connectivity index (χ1n) is 13.4. The second kappa shape index (κ2) is 17.1. The van der Waals surface area contributed by atoms with Crippen LogP contribution in [0.1, 0.15) is 26.7 Å². The average molecular weight is 625 g/mol. The summed E-state index contributed by atoms with van der Waals surface area (Å²) in [7, 11) is -10.1. The zero-order valence-electron chi connectivity index (χ0n) is 25.5. The van der Waals surface area contributed by atoms with Gasteiger partial charge in [-0.25, -0.2) is 9.59 Å². The van der Waals surface area contributed by atoms with E-state index in [0.717, 1.165) is 6.04 Å². The highest BCUT2D eigenvalue weighted by Gasteiger charge is 2.46. The summed E-state index contributed by atoms with van der Waals surface area (Å²) in [5, 5.41) is 18.5. The van der Waals surface area contributed by atoms with Crippen LogP contribution in [0.2, 0.25) is 57.9 Å². The molecular weight excluding hydrogens is 573 g/mol. The lowest BCUT2D eigenvalue weighted by atomic mass is 10.4. The molecule has 228 valence electrons. The highest BCUT2D eigenvalue weighted by Crippen LogP contribution is 2.29. The standard InChI is InChI=1S/C25H52O10Si4/c1-21(2)24(28)31-15-13-16-36(5,6)34-39(11,17-12-14-30-19-23(27)18-26)35-38(9,10)33-37(7,8)20-32-25(29)22(3)4/h23,26-27H,1,3,12-20H2,2,4-11H3. The number of hydrogen-bond acceptors (Lipinski definition) is 10. The third-order valence-electron chi connectivity index (χ3n) is 5.32. The summed E-state index contributed by atoms with van der Waals surface area (Å²) in [6.07, 6.45) is 0.624. The van der Waals surface area contributed by atoms with Gasteiger partial charge in [0.05, 0.1) is 19.8 Å². The molecule has 0 saturated carbocycles. The van der Waals surface area contributed by atoms with Gasteiger partial charge in [-0.1, -0.05) is 13.2 Å². The number of esters is 2. The van der Waals surface area contributed by atoms with Gasteiger partial charge in [0.2, 0.25) is 8.32 Å². The number of hydrogen-bond donors (Lipinski definition) is 2. The van der Waals surface area contributed by atoms with Crippen molar-refractivity contribution in [2.45, 2.75) is 90.7 Å². The van der Waals surface area contributed by atoms with Crippen molar-refractivity contribution in [3.8, 4) is 0 Å². The minimum Gasteiger partial charge on any atom is -0.463 e. The maximum Gasteiger partial charge on any atom is 0.333 e.